The molecule has 80 heavy (non-hydrogen) atoms. The van der Waals surface area contributed by atoms with Crippen LogP contribution >= 0.6 is 0 Å². The van der Waals surface area contributed by atoms with E-state index in [2.05, 4.69) is 42.5 Å². The molecule has 0 saturated heterocycles. The van der Waals surface area contributed by atoms with Crippen molar-refractivity contribution in [2.45, 2.75) is 52.4 Å². The normalized spacial score (nSPS) is 14.6. The fourth-order valence-electron chi connectivity index (χ4n) is 8.58. The molecule has 0 aromatic heterocycles. The van der Waals surface area contributed by atoms with Crippen LogP contribution in [0.2, 0.25) is 0 Å². The van der Waals surface area contributed by atoms with Gasteiger partial charge in [-0.15, -0.1) is 0 Å². The summed E-state index contributed by atoms with van der Waals surface area (Å²) in [6.07, 6.45) is 0. The number of carbonyl (C=O) groups is 8. The molecular formula is C64H56N8O8. The molecular weight excluding hydrogens is 1010 g/mol. The molecule has 0 spiro atoms. The molecule has 8 amide bonds. The van der Waals surface area contributed by atoms with Gasteiger partial charge in [0.15, 0.2) is 0 Å². The van der Waals surface area contributed by atoms with Gasteiger partial charge in [0.1, 0.15) is 0 Å². The SMILES string of the molecule is O=C1NCc2ccc(cc2)CNC(=O)c2cccc(c2)C(=O)NCc2ccc(cc2)CNC(=O)c2cccc1c2.O=C1NCc2ccc(cc2)CNC(=O)c2cccc(c2)C(=O)NCc2ccc(cc2)CNC(=O)c2cccc1c2. The molecule has 0 aliphatic carbocycles. The van der Waals surface area contributed by atoms with Crippen LogP contribution in [0.3, 0.4) is 0 Å². The molecule has 16 heteroatoms. The van der Waals surface area contributed by atoms with Crippen molar-refractivity contribution >= 4 is 47.3 Å². The Morgan fingerprint density at radius 3 is 0.400 bits per heavy atom. The van der Waals surface area contributed by atoms with E-state index in [4.69, 9.17) is 0 Å². The van der Waals surface area contributed by atoms with Gasteiger partial charge in [-0.25, -0.2) is 0 Å². The highest BCUT2D eigenvalue weighted by molar-refractivity contribution is 6.02. The summed E-state index contributed by atoms with van der Waals surface area (Å²) in [6.45, 7) is 2.50. The smallest absolute Gasteiger partial charge is 0.251 e. The third-order valence-electron chi connectivity index (χ3n) is 13.3. The van der Waals surface area contributed by atoms with Crippen molar-refractivity contribution in [3.63, 3.8) is 0 Å². The van der Waals surface area contributed by atoms with E-state index in [0.29, 0.717) is 96.9 Å². The van der Waals surface area contributed by atoms with Crippen molar-refractivity contribution in [2.24, 2.45) is 0 Å². The average molecular weight is 1070 g/mol. The lowest BCUT2D eigenvalue weighted by atomic mass is 10.1. The molecule has 8 N–H and O–H groups in total. The molecule has 0 radical (unpaired) electrons. The van der Waals surface area contributed by atoms with Crippen LogP contribution in [0.25, 0.3) is 0 Å². The van der Waals surface area contributed by atoms with Crippen molar-refractivity contribution in [3.05, 3.63) is 283 Å². The number of hydrogen-bond acceptors (Lipinski definition) is 8. The Morgan fingerprint density at radius 1 is 0.175 bits per heavy atom. The Labute approximate surface area is 461 Å². The third-order valence-corrected chi connectivity index (χ3v) is 13.3. The Bertz CT molecular complexity index is 2910. The second-order valence-corrected chi connectivity index (χ2v) is 19.1. The van der Waals surface area contributed by atoms with E-state index in [-0.39, 0.29) is 47.3 Å². The van der Waals surface area contributed by atoms with E-state index < -0.39 is 0 Å². The van der Waals surface area contributed by atoms with Crippen LogP contribution in [-0.4, -0.2) is 47.3 Å². The predicted octanol–water partition coefficient (Wildman–Crippen LogP) is 7.44. The highest BCUT2D eigenvalue weighted by Gasteiger charge is 2.16. The molecule has 8 aromatic carbocycles. The molecule has 16 rings (SSSR count). The molecule has 8 aromatic rings. The van der Waals surface area contributed by atoms with Gasteiger partial charge in [-0.2, -0.15) is 0 Å². The van der Waals surface area contributed by atoms with Crippen molar-refractivity contribution < 1.29 is 38.4 Å². The number of amides is 8. The van der Waals surface area contributed by atoms with Gasteiger partial charge in [-0.3, -0.25) is 38.4 Å². The maximum absolute atomic E-state index is 12.7. The van der Waals surface area contributed by atoms with E-state index in [0.717, 1.165) is 44.5 Å². The minimum atomic E-state index is -0.280. The second kappa shape index (κ2) is 26.0. The zero-order chi connectivity index (χ0) is 55.8. The van der Waals surface area contributed by atoms with Gasteiger partial charge in [0.2, 0.25) is 0 Å². The van der Waals surface area contributed by atoms with Crippen LogP contribution < -0.4 is 42.5 Å². The molecule has 16 nitrogen and oxygen atoms in total. The van der Waals surface area contributed by atoms with Gasteiger partial charge in [0.05, 0.1) is 0 Å². The fraction of sp³-hybridized carbons (Fsp3) is 0.125. The minimum Gasteiger partial charge on any atom is -0.348 e. The maximum atomic E-state index is 12.7. The molecule has 0 fully saturated rings. The van der Waals surface area contributed by atoms with Crippen LogP contribution in [0, 0.1) is 0 Å². The van der Waals surface area contributed by atoms with E-state index in [9.17, 15) is 38.4 Å². The minimum absolute atomic E-state index is 0.280. The summed E-state index contributed by atoms with van der Waals surface area (Å²) in [5.41, 5.74) is 10.3. The zero-order valence-electron chi connectivity index (χ0n) is 43.4. The van der Waals surface area contributed by atoms with Crippen molar-refractivity contribution in [1.29, 1.82) is 0 Å². The Hall–Kier alpha value is -10.5. The lowest BCUT2D eigenvalue weighted by Gasteiger charge is -2.11. The predicted molar refractivity (Wildman–Crippen MR) is 301 cm³/mol. The Balaban J connectivity index is 0.000000194. The van der Waals surface area contributed by atoms with E-state index in [1.165, 1.54) is 0 Å². The van der Waals surface area contributed by atoms with E-state index in [1.807, 2.05) is 97.1 Å². The first kappa shape index (κ1) is 54.3. The number of hydrogen-bond donors (Lipinski definition) is 8. The largest absolute Gasteiger partial charge is 0.348 e. The van der Waals surface area contributed by atoms with Crippen LogP contribution in [0.5, 0.6) is 0 Å². The molecule has 0 atom stereocenters. The first-order valence-electron chi connectivity index (χ1n) is 25.9. The highest BCUT2D eigenvalue weighted by Crippen LogP contribution is 2.15. The molecule has 8 heterocycles. The van der Waals surface area contributed by atoms with E-state index in [1.54, 1.807) is 97.1 Å². The average Bonchev–Trinajstić information content (AvgIpc) is 3.51. The number of carbonyl (C=O) groups excluding carboxylic acids is 8. The quantitative estimate of drug-likeness (QED) is 0.0759. The van der Waals surface area contributed by atoms with Crippen LogP contribution in [0.1, 0.15) is 127 Å². The van der Waals surface area contributed by atoms with Gasteiger partial charge in [-0.1, -0.05) is 121 Å². The topological polar surface area (TPSA) is 233 Å². The maximum Gasteiger partial charge on any atom is 0.251 e. The van der Waals surface area contributed by atoms with Gasteiger partial charge in [0.25, 0.3) is 47.3 Å². The molecule has 0 unspecified atom stereocenters. The molecule has 16 bridgehead atoms. The van der Waals surface area contributed by atoms with E-state index >= 15 is 0 Å². The molecule has 8 aliphatic rings. The van der Waals surface area contributed by atoms with Crippen molar-refractivity contribution in [1.82, 2.24) is 42.5 Å². The van der Waals surface area contributed by atoms with Crippen molar-refractivity contribution in [3.8, 4) is 0 Å². The molecule has 8 aliphatic heterocycles. The standard InChI is InChI=1S/2C32H28N4O4/c2*37-29-25-3-1-4-26(15-25)30(38)34-18-22-9-13-24(14-10-22)20-36-32(40)28-6-2-5-27(16-28)31(39)35-19-23-11-7-21(8-12-23)17-33-29/h2*1-16H,17-20H2,(H,33,37)(H,34,38)(H,35,39)(H,36,40). The summed E-state index contributed by atoms with van der Waals surface area (Å²) < 4.78 is 0. The monoisotopic (exact) mass is 1060 g/mol. The Kier molecular flexibility index (Phi) is 17.7. The summed E-state index contributed by atoms with van der Waals surface area (Å²) in [5.74, 6) is -2.24. The van der Waals surface area contributed by atoms with Gasteiger partial charge in [-0.05, 0) is 117 Å². The van der Waals surface area contributed by atoms with Crippen LogP contribution in [-0.2, 0) is 52.4 Å². The lowest BCUT2D eigenvalue weighted by Crippen LogP contribution is -2.26. The summed E-state index contributed by atoms with van der Waals surface area (Å²) >= 11 is 0. The first-order chi connectivity index (χ1) is 38.9. The number of rotatable bonds is 0. The summed E-state index contributed by atoms with van der Waals surface area (Å²) in [5, 5.41) is 23.1. The molecule has 400 valence electrons. The van der Waals surface area contributed by atoms with Gasteiger partial charge < -0.3 is 42.5 Å². The summed E-state index contributed by atoms with van der Waals surface area (Å²) in [4.78, 5) is 102. The van der Waals surface area contributed by atoms with Crippen molar-refractivity contribution in [2.75, 3.05) is 0 Å². The highest BCUT2D eigenvalue weighted by atomic mass is 16.2. The first-order valence-corrected chi connectivity index (χ1v) is 25.9. The van der Waals surface area contributed by atoms with Gasteiger partial charge in [0, 0.05) is 96.9 Å². The lowest BCUT2D eigenvalue weighted by molar-refractivity contribution is 0.0935. The van der Waals surface area contributed by atoms with Crippen LogP contribution in [0.4, 0.5) is 0 Å². The fourth-order valence-corrected chi connectivity index (χ4v) is 8.58. The van der Waals surface area contributed by atoms with Gasteiger partial charge >= 0.3 is 0 Å². The second-order valence-electron chi connectivity index (χ2n) is 19.1. The van der Waals surface area contributed by atoms with Crippen LogP contribution in [0.15, 0.2) is 194 Å². The zero-order valence-corrected chi connectivity index (χ0v) is 43.4. The Morgan fingerprint density at radius 2 is 0.287 bits per heavy atom. The summed E-state index contributed by atoms with van der Waals surface area (Å²) in [6, 6.07) is 56.5. The third kappa shape index (κ3) is 14.9. The summed E-state index contributed by atoms with van der Waals surface area (Å²) in [7, 11) is 0. The number of benzene rings is 8. The molecule has 0 saturated carbocycles. The number of nitrogens with one attached hydrogen (secondary N) is 8.